The lowest BCUT2D eigenvalue weighted by atomic mass is 10.2. The summed E-state index contributed by atoms with van der Waals surface area (Å²) < 4.78 is 49.1. The number of alkyl halides is 4. The minimum absolute atomic E-state index is 0.171. The van der Waals surface area contributed by atoms with Crippen LogP contribution in [0.25, 0.3) is 0 Å². The van der Waals surface area contributed by atoms with Crippen molar-refractivity contribution in [1.82, 2.24) is 0 Å². The van der Waals surface area contributed by atoms with Crippen molar-refractivity contribution in [1.29, 1.82) is 0 Å². The van der Waals surface area contributed by atoms with E-state index in [0.29, 0.717) is 17.3 Å². The van der Waals surface area contributed by atoms with E-state index in [1.807, 2.05) is 0 Å². The number of aryl methyl sites for hydroxylation is 1. The van der Waals surface area contributed by atoms with Crippen molar-refractivity contribution in [3.05, 3.63) is 23.8 Å². The zero-order valence-electron chi connectivity index (χ0n) is 8.38. The monoisotopic (exact) mass is 254 g/mol. The Kier molecular flexibility index (Phi) is 4.07. The third-order valence-corrected chi connectivity index (χ3v) is 3.27. The fourth-order valence-corrected chi connectivity index (χ4v) is 2.03. The smallest absolute Gasteiger partial charge is 0.316 e. The van der Waals surface area contributed by atoms with Gasteiger partial charge in [-0.3, -0.25) is 0 Å². The summed E-state index contributed by atoms with van der Waals surface area (Å²) in [5.41, 5.74) is 0.579. The lowest BCUT2D eigenvalue weighted by Crippen LogP contribution is -2.29. The summed E-state index contributed by atoms with van der Waals surface area (Å²) in [4.78, 5) is 0.211. The Morgan fingerprint density at radius 2 is 2.00 bits per heavy atom. The maximum Gasteiger partial charge on any atom is 0.316 e. The van der Waals surface area contributed by atoms with E-state index < -0.39 is 18.1 Å². The number of phenols is 1. The largest absolute Gasteiger partial charge is 0.507 e. The predicted molar refractivity (Wildman–Crippen MR) is 54.5 cm³/mol. The van der Waals surface area contributed by atoms with Gasteiger partial charge in [0.15, 0.2) is 0 Å². The standard InChI is InChI=1S/C10H10F4OS/c1-6-3-2-4-7(15)8(6)16-5-10(13,14)9(11)12/h2-4,9,15H,5H2,1H3. The average Bonchev–Trinajstić information content (AvgIpc) is 2.16. The highest BCUT2D eigenvalue weighted by Gasteiger charge is 2.40. The van der Waals surface area contributed by atoms with Gasteiger partial charge in [0.1, 0.15) is 5.75 Å². The summed E-state index contributed by atoms with van der Waals surface area (Å²) in [5.74, 6) is -5.27. The maximum absolute atomic E-state index is 12.6. The Morgan fingerprint density at radius 1 is 1.38 bits per heavy atom. The van der Waals surface area contributed by atoms with Crippen molar-refractivity contribution >= 4 is 11.8 Å². The first-order chi connectivity index (χ1) is 7.34. The van der Waals surface area contributed by atoms with Crippen LogP contribution in [0.5, 0.6) is 5.75 Å². The van der Waals surface area contributed by atoms with E-state index in [1.54, 1.807) is 19.1 Å². The molecule has 90 valence electrons. The van der Waals surface area contributed by atoms with Crippen LogP contribution in [0.1, 0.15) is 5.56 Å². The van der Waals surface area contributed by atoms with Gasteiger partial charge in [0.05, 0.1) is 10.6 Å². The SMILES string of the molecule is Cc1cccc(O)c1SCC(F)(F)C(F)F. The first kappa shape index (κ1) is 13.2. The Morgan fingerprint density at radius 3 is 2.50 bits per heavy atom. The second-order valence-electron chi connectivity index (χ2n) is 3.27. The van der Waals surface area contributed by atoms with E-state index in [0.717, 1.165) is 0 Å². The Hall–Kier alpha value is -0.910. The number of hydrogen-bond acceptors (Lipinski definition) is 2. The maximum atomic E-state index is 12.6. The molecule has 0 spiro atoms. The minimum Gasteiger partial charge on any atom is -0.507 e. The van der Waals surface area contributed by atoms with Crippen LogP contribution in [0.4, 0.5) is 17.6 Å². The highest BCUT2D eigenvalue weighted by atomic mass is 32.2. The normalized spacial score (nSPS) is 12.1. The summed E-state index contributed by atoms with van der Waals surface area (Å²) in [6.07, 6.45) is -3.69. The topological polar surface area (TPSA) is 20.2 Å². The van der Waals surface area contributed by atoms with E-state index in [2.05, 4.69) is 0 Å². The number of thioether (sulfide) groups is 1. The zero-order chi connectivity index (χ0) is 12.3. The second kappa shape index (κ2) is 4.95. The number of halogens is 4. The van der Waals surface area contributed by atoms with E-state index in [9.17, 15) is 22.7 Å². The lowest BCUT2D eigenvalue weighted by molar-refractivity contribution is -0.109. The minimum atomic E-state index is -4.04. The van der Waals surface area contributed by atoms with Crippen molar-refractivity contribution in [2.45, 2.75) is 24.2 Å². The number of hydrogen-bond donors (Lipinski definition) is 1. The Bertz CT molecular complexity index is 348. The highest BCUT2D eigenvalue weighted by molar-refractivity contribution is 7.99. The molecule has 16 heavy (non-hydrogen) atoms. The molecule has 6 heteroatoms. The molecule has 0 aliphatic carbocycles. The molecular weight excluding hydrogens is 244 g/mol. The molecule has 1 nitrogen and oxygen atoms in total. The van der Waals surface area contributed by atoms with Gasteiger partial charge >= 0.3 is 12.3 Å². The van der Waals surface area contributed by atoms with Crippen molar-refractivity contribution in [2.24, 2.45) is 0 Å². The van der Waals surface area contributed by atoms with Gasteiger partial charge in [-0.05, 0) is 18.6 Å². The van der Waals surface area contributed by atoms with Gasteiger partial charge in [0.25, 0.3) is 0 Å². The molecule has 0 bridgehead atoms. The van der Waals surface area contributed by atoms with Gasteiger partial charge in [-0.25, -0.2) is 8.78 Å². The van der Waals surface area contributed by atoms with E-state index in [-0.39, 0.29) is 10.6 Å². The molecule has 0 radical (unpaired) electrons. The van der Waals surface area contributed by atoms with Crippen LogP contribution >= 0.6 is 11.8 Å². The third kappa shape index (κ3) is 3.04. The molecule has 1 aromatic rings. The number of benzene rings is 1. The molecule has 0 aromatic heterocycles. The van der Waals surface area contributed by atoms with Crippen molar-refractivity contribution in [2.75, 3.05) is 5.75 Å². The van der Waals surface area contributed by atoms with Gasteiger partial charge < -0.3 is 5.11 Å². The van der Waals surface area contributed by atoms with Crippen LogP contribution in [0, 0.1) is 6.92 Å². The van der Waals surface area contributed by atoms with Crippen LogP contribution in [0.3, 0.4) is 0 Å². The molecule has 0 aliphatic heterocycles. The first-order valence-corrected chi connectivity index (χ1v) is 5.40. The van der Waals surface area contributed by atoms with Gasteiger partial charge in [-0.1, -0.05) is 12.1 Å². The number of aromatic hydroxyl groups is 1. The third-order valence-electron chi connectivity index (χ3n) is 1.92. The van der Waals surface area contributed by atoms with Crippen molar-refractivity contribution < 1.29 is 22.7 Å². The van der Waals surface area contributed by atoms with Crippen LogP contribution in [0.15, 0.2) is 23.1 Å². The Balaban J connectivity index is 2.75. The molecule has 0 saturated carbocycles. The number of rotatable bonds is 4. The fraction of sp³-hybridized carbons (Fsp3) is 0.400. The second-order valence-corrected chi connectivity index (χ2v) is 4.26. The van der Waals surface area contributed by atoms with E-state index in [1.165, 1.54) is 6.07 Å². The predicted octanol–water partition coefficient (Wildman–Crippen LogP) is 3.69. The summed E-state index contributed by atoms with van der Waals surface area (Å²) in [5, 5.41) is 9.37. The average molecular weight is 254 g/mol. The molecular formula is C10H10F4OS. The van der Waals surface area contributed by atoms with Gasteiger partial charge in [0.2, 0.25) is 0 Å². The molecule has 1 rings (SSSR count). The zero-order valence-corrected chi connectivity index (χ0v) is 9.20. The summed E-state index contributed by atoms with van der Waals surface area (Å²) in [6.45, 7) is 1.61. The molecule has 0 saturated heterocycles. The fourth-order valence-electron chi connectivity index (χ4n) is 1.06. The van der Waals surface area contributed by atoms with Gasteiger partial charge in [0, 0.05) is 0 Å². The molecule has 0 amide bonds. The van der Waals surface area contributed by atoms with Gasteiger partial charge in [-0.2, -0.15) is 8.78 Å². The summed E-state index contributed by atoms with van der Waals surface area (Å²) >= 11 is 0.529. The van der Waals surface area contributed by atoms with Crippen LogP contribution in [-0.4, -0.2) is 23.2 Å². The van der Waals surface area contributed by atoms with Gasteiger partial charge in [-0.15, -0.1) is 11.8 Å². The molecule has 0 aliphatic rings. The Labute approximate surface area is 94.5 Å². The first-order valence-electron chi connectivity index (χ1n) is 4.42. The molecule has 0 atom stereocenters. The number of phenolic OH excluding ortho intramolecular Hbond substituents is 1. The van der Waals surface area contributed by atoms with E-state index in [4.69, 9.17) is 0 Å². The lowest BCUT2D eigenvalue weighted by Gasteiger charge is -2.15. The molecule has 0 heterocycles. The van der Waals surface area contributed by atoms with E-state index >= 15 is 0 Å². The molecule has 0 unspecified atom stereocenters. The van der Waals surface area contributed by atoms with Crippen LogP contribution < -0.4 is 0 Å². The van der Waals surface area contributed by atoms with Crippen molar-refractivity contribution in [3.63, 3.8) is 0 Å². The van der Waals surface area contributed by atoms with Crippen LogP contribution in [-0.2, 0) is 0 Å². The van der Waals surface area contributed by atoms with Crippen molar-refractivity contribution in [3.8, 4) is 5.75 Å². The summed E-state index contributed by atoms with van der Waals surface area (Å²) in [7, 11) is 0. The molecule has 1 N–H and O–H groups in total. The van der Waals surface area contributed by atoms with Crippen LogP contribution in [0.2, 0.25) is 0 Å². The molecule has 1 aromatic carbocycles. The summed E-state index contributed by atoms with van der Waals surface area (Å²) in [6, 6.07) is 4.50. The molecule has 0 fully saturated rings. The highest BCUT2D eigenvalue weighted by Crippen LogP contribution is 2.36. The quantitative estimate of drug-likeness (QED) is 0.653.